The molecule has 0 spiro atoms. The highest BCUT2D eigenvalue weighted by atomic mass is 79.9. The summed E-state index contributed by atoms with van der Waals surface area (Å²) in [7, 11) is 3.33. The van der Waals surface area contributed by atoms with Crippen molar-refractivity contribution in [3.8, 4) is 5.75 Å². The van der Waals surface area contributed by atoms with E-state index in [1.54, 1.807) is 38.4 Å². The minimum atomic E-state index is -0.340. The van der Waals surface area contributed by atoms with Gasteiger partial charge in [0.25, 0.3) is 11.8 Å². The summed E-state index contributed by atoms with van der Waals surface area (Å²) in [6, 6.07) is 10.6. The number of hydrogen-bond donors (Lipinski definition) is 1. The average Bonchev–Trinajstić information content (AvgIpc) is 2.53. The minimum absolute atomic E-state index is 0.161. The van der Waals surface area contributed by atoms with Gasteiger partial charge in [-0.3, -0.25) is 9.59 Å². The highest BCUT2D eigenvalue weighted by Crippen LogP contribution is 2.32. The molecule has 1 N–H and O–H groups in total. The Labute approximate surface area is 163 Å². The Morgan fingerprint density at radius 1 is 1.16 bits per heavy atom. The summed E-state index contributed by atoms with van der Waals surface area (Å²) in [4.78, 5) is 25.9. The number of nitrogens with zero attached hydrogens (tertiary/aromatic N) is 1. The van der Waals surface area contributed by atoms with E-state index in [1.807, 2.05) is 19.1 Å². The van der Waals surface area contributed by atoms with Crippen LogP contribution in [0.4, 0.5) is 5.69 Å². The van der Waals surface area contributed by atoms with Crippen LogP contribution < -0.4 is 10.1 Å². The molecule has 5 nitrogen and oxygen atoms in total. The van der Waals surface area contributed by atoms with E-state index in [-0.39, 0.29) is 18.4 Å². The van der Waals surface area contributed by atoms with Crippen LogP contribution in [0.5, 0.6) is 5.75 Å². The van der Waals surface area contributed by atoms with Gasteiger partial charge in [0.2, 0.25) is 0 Å². The third kappa shape index (κ3) is 5.06. The van der Waals surface area contributed by atoms with E-state index in [9.17, 15) is 9.59 Å². The molecule has 0 unspecified atom stereocenters. The molecule has 2 aromatic carbocycles. The van der Waals surface area contributed by atoms with Crippen molar-refractivity contribution in [2.75, 3.05) is 26.0 Å². The van der Waals surface area contributed by atoms with Gasteiger partial charge in [-0.2, -0.15) is 0 Å². The Morgan fingerprint density at radius 2 is 1.84 bits per heavy atom. The second-order valence-corrected chi connectivity index (χ2v) is 7.39. The molecule has 25 heavy (non-hydrogen) atoms. The highest BCUT2D eigenvalue weighted by Gasteiger charge is 2.15. The molecule has 0 aliphatic carbocycles. The van der Waals surface area contributed by atoms with Crippen molar-refractivity contribution in [1.82, 2.24) is 4.90 Å². The van der Waals surface area contributed by atoms with Crippen LogP contribution in [-0.4, -0.2) is 37.4 Å². The van der Waals surface area contributed by atoms with Gasteiger partial charge in [-0.1, -0.05) is 28.1 Å². The average molecular weight is 470 g/mol. The van der Waals surface area contributed by atoms with Crippen LogP contribution in [0.25, 0.3) is 0 Å². The molecular weight excluding hydrogens is 452 g/mol. The molecule has 0 aliphatic heterocycles. The molecule has 2 rings (SSSR count). The van der Waals surface area contributed by atoms with E-state index in [0.717, 1.165) is 14.5 Å². The molecule has 2 amide bonds. The predicted octanol–water partition coefficient (Wildman–Crippen LogP) is 4.24. The Morgan fingerprint density at radius 3 is 2.48 bits per heavy atom. The molecule has 0 saturated heterocycles. The quantitative estimate of drug-likeness (QED) is 0.712. The number of para-hydroxylation sites is 1. The van der Waals surface area contributed by atoms with E-state index < -0.39 is 0 Å². The minimum Gasteiger partial charge on any atom is -0.482 e. The Kier molecular flexibility index (Phi) is 6.61. The van der Waals surface area contributed by atoms with Gasteiger partial charge in [0.05, 0.1) is 15.7 Å². The number of anilines is 1. The van der Waals surface area contributed by atoms with E-state index in [1.165, 1.54) is 4.90 Å². The van der Waals surface area contributed by atoms with Crippen molar-refractivity contribution in [3.05, 3.63) is 56.5 Å². The fourth-order valence-electron chi connectivity index (χ4n) is 2.22. The largest absolute Gasteiger partial charge is 0.482 e. The standard InChI is InChI=1S/C18H18Br2N2O3/c1-11-8-12(19)9-14(20)17(11)25-10-16(23)21-15-7-5-4-6-13(15)18(24)22(2)3/h4-9H,10H2,1-3H3,(H,21,23). The molecule has 0 bridgehead atoms. The molecule has 2 aromatic rings. The van der Waals surface area contributed by atoms with Gasteiger partial charge >= 0.3 is 0 Å². The molecule has 0 aromatic heterocycles. The summed E-state index contributed by atoms with van der Waals surface area (Å²) >= 11 is 6.83. The summed E-state index contributed by atoms with van der Waals surface area (Å²) < 4.78 is 7.31. The lowest BCUT2D eigenvalue weighted by Gasteiger charge is -2.15. The van der Waals surface area contributed by atoms with Crippen LogP contribution >= 0.6 is 31.9 Å². The van der Waals surface area contributed by atoms with E-state index in [0.29, 0.717) is 17.0 Å². The second kappa shape index (κ2) is 8.49. The summed E-state index contributed by atoms with van der Waals surface area (Å²) in [5, 5.41) is 2.73. The monoisotopic (exact) mass is 468 g/mol. The normalized spacial score (nSPS) is 10.3. The summed E-state index contributed by atoms with van der Waals surface area (Å²) in [5.41, 5.74) is 1.79. The zero-order chi connectivity index (χ0) is 18.6. The first kappa shape index (κ1) is 19.5. The fraction of sp³-hybridized carbons (Fsp3) is 0.222. The van der Waals surface area contributed by atoms with E-state index in [4.69, 9.17) is 4.74 Å². The van der Waals surface area contributed by atoms with Crippen molar-refractivity contribution >= 4 is 49.4 Å². The first-order chi connectivity index (χ1) is 11.8. The van der Waals surface area contributed by atoms with Crippen molar-refractivity contribution in [2.24, 2.45) is 0 Å². The molecule has 0 radical (unpaired) electrons. The van der Waals surface area contributed by atoms with Gasteiger partial charge in [0, 0.05) is 18.6 Å². The third-order valence-corrected chi connectivity index (χ3v) is 4.43. The maximum atomic E-state index is 12.2. The lowest BCUT2D eigenvalue weighted by molar-refractivity contribution is -0.118. The van der Waals surface area contributed by atoms with Crippen LogP contribution in [0.3, 0.4) is 0 Å². The maximum absolute atomic E-state index is 12.2. The smallest absolute Gasteiger partial charge is 0.262 e. The number of carbonyl (C=O) groups is 2. The molecule has 0 saturated carbocycles. The van der Waals surface area contributed by atoms with Gasteiger partial charge in [-0.25, -0.2) is 0 Å². The van der Waals surface area contributed by atoms with Gasteiger partial charge in [-0.15, -0.1) is 0 Å². The molecular formula is C18H18Br2N2O3. The molecule has 132 valence electrons. The van der Waals surface area contributed by atoms with Crippen molar-refractivity contribution in [2.45, 2.75) is 6.92 Å². The van der Waals surface area contributed by atoms with E-state index in [2.05, 4.69) is 37.2 Å². The zero-order valence-electron chi connectivity index (χ0n) is 14.1. The molecule has 0 aliphatic rings. The Balaban J connectivity index is 2.08. The van der Waals surface area contributed by atoms with Crippen LogP contribution in [0, 0.1) is 6.92 Å². The molecule has 0 heterocycles. The van der Waals surface area contributed by atoms with Crippen LogP contribution in [0.2, 0.25) is 0 Å². The summed E-state index contributed by atoms with van der Waals surface area (Å²) in [6.07, 6.45) is 0. The number of aryl methyl sites for hydroxylation is 1. The number of hydrogen-bond acceptors (Lipinski definition) is 3. The first-order valence-electron chi connectivity index (χ1n) is 7.48. The van der Waals surface area contributed by atoms with Crippen molar-refractivity contribution < 1.29 is 14.3 Å². The number of halogens is 2. The van der Waals surface area contributed by atoms with Crippen LogP contribution in [0.1, 0.15) is 15.9 Å². The van der Waals surface area contributed by atoms with Gasteiger partial charge in [-0.05, 0) is 52.7 Å². The Bertz CT molecular complexity index is 784. The van der Waals surface area contributed by atoms with Crippen LogP contribution in [0.15, 0.2) is 45.3 Å². The number of benzene rings is 2. The van der Waals surface area contributed by atoms with Crippen molar-refractivity contribution in [1.29, 1.82) is 0 Å². The lowest BCUT2D eigenvalue weighted by Crippen LogP contribution is -2.25. The van der Waals surface area contributed by atoms with Gasteiger partial charge in [0.1, 0.15) is 5.75 Å². The predicted molar refractivity (Wildman–Crippen MR) is 105 cm³/mol. The van der Waals surface area contributed by atoms with Crippen molar-refractivity contribution in [3.63, 3.8) is 0 Å². The number of nitrogens with one attached hydrogen (secondary N) is 1. The topological polar surface area (TPSA) is 58.6 Å². The van der Waals surface area contributed by atoms with Gasteiger partial charge < -0.3 is 15.0 Å². The zero-order valence-corrected chi connectivity index (χ0v) is 17.3. The molecule has 7 heteroatoms. The highest BCUT2D eigenvalue weighted by molar-refractivity contribution is 9.11. The summed E-state index contributed by atoms with van der Waals surface area (Å²) in [5.74, 6) is 0.0903. The van der Waals surface area contributed by atoms with Gasteiger partial charge in [0.15, 0.2) is 6.61 Å². The number of amides is 2. The molecule has 0 fully saturated rings. The van der Waals surface area contributed by atoms with E-state index >= 15 is 0 Å². The number of carbonyl (C=O) groups excluding carboxylic acids is 2. The lowest BCUT2D eigenvalue weighted by atomic mass is 10.1. The SMILES string of the molecule is Cc1cc(Br)cc(Br)c1OCC(=O)Nc1ccccc1C(=O)N(C)C. The maximum Gasteiger partial charge on any atom is 0.262 e. The Hall–Kier alpha value is -1.86. The fourth-order valence-corrected chi connectivity index (χ4v) is 3.77. The third-order valence-electron chi connectivity index (χ3n) is 3.38. The number of ether oxygens (including phenoxy) is 1. The number of rotatable bonds is 5. The van der Waals surface area contributed by atoms with Crippen LogP contribution in [-0.2, 0) is 4.79 Å². The second-order valence-electron chi connectivity index (χ2n) is 5.62. The summed E-state index contributed by atoms with van der Waals surface area (Å²) in [6.45, 7) is 1.74. The first-order valence-corrected chi connectivity index (χ1v) is 9.07. The molecule has 0 atom stereocenters.